The number of amides is 1. The van der Waals surface area contributed by atoms with Gasteiger partial charge >= 0.3 is 6.18 Å². The summed E-state index contributed by atoms with van der Waals surface area (Å²) in [6.07, 6.45) is 1.61. The van der Waals surface area contributed by atoms with Crippen molar-refractivity contribution < 1.29 is 22.7 Å². The molecular formula is C23H34F3N3O2. The van der Waals surface area contributed by atoms with E-state index in [1.165, 1.54) is 12.1 Å². The maximum atomic E-state index is 13.0. The van der Waals surface area contributed by atoms with Crippen LogP contribution in [0.15, 0.2) is 24.3 Å². The average molecular weight is 442 g/mol. The van der Waals surface area contributed by atoms with Crippen molar-refractivity contribution in [1.29, 1.82) is 0 Å². The van der Waals surface area contributed by atoms with Gasteiger partial charge in [-0.2, -0.15) is 13.2 Å². The topological polar surface area (TPSA) is 44.8 Å². The largest absolute Gasteiger partial charge is 0.416 e. The number of methoxy groups -OCH3 is 1. The van der Waals surface area contributed by atoms with Crippen LogP contribution in [-0.2, 0) is 15.7 Å². The van der Waals surface area contributed by atoms with Crippen molar-refractivity contribution in [3.63, 3.8) is 0 Å². The Kier molecular flexibility index (Phi) is 8.60. The number of carbonyl (C=O) groups is 1. The van der Waals surface area contributed by atoms with Crippen LogP contribution in [0.1, 0.15) is 44.1 Å². The lowest BCUT2D eigenvalue weighted by Gasteiger charge is -2.37. The molecule has 8 heteroatoms. The summed E-state index contributed by atoms with van der Waals surface area (Å²) < 4.78 is 43.8. The summed E-state index contributed by atoms with van der Waals surface area (Å²) in [5, 5.41) is 3.11. The van der Waals surface area contributed by atoms with Gasteiger partial charge < -0.3 is 15.0 Å². The Morgan fingerprint density at radius 1 is 1.13 bits per heavy atom. The normalized spacial score (nSPS) is 23.0. The second kappa shape index (κ2) is 11.2. The minimum atomic E-state index is -4.30. The molecule has 0 bridgehead atoms. The highest BCUT2D eigenvalue weighted by Crippen LogP contribution is 2.32. The van der Waals surface area contributed by atoms with Gasteiger partial charge in [0.15, 0.2) is 0 Å². The van der Waals surface area contributed by atoms with Gasteiger partial charge in [0.2, 0.25) is 5.91 Å². The fourth-order valence-electron chi connectivity index (χ4n) is 4.56. The molecule has 1 aromatic rings. The number of piperazine rings is 1. The molecule has 1 saturated carbocycles. The highest BCUT2D eigenvalue weighted by molar-refractivity contribution is 5.76. The fraction of sp³-hybridized carbons (Fsp3) is 0.696. The van der Waals surface area contributed by atoms with Crippen molar-refractivity contribution in [1.82, 2.24) is 10.2 Å². The summed E-state index contributed by atoms with van der Waals surface area (Å²) in [4.78, 5) is 16.3. The molecule has 2 aliphatic rings. The molecule has 31 heavy (non-hydrogen) atoms. The van der Waals surface area contributed by atoms with Gasteiger partial charge in [0.05, 0.1) is 12.2 Å². The SMILES string of the molecule is COCCC(=O)N[C@H]1CC[C@H](CCN2CCN(c3cccc(C(F)(F)F)c3)CC2)CC1. The van der Waals surface area contributed by atoms with Gasteiger partial charge in [0, 0.05) is 51.4 Å². The monoisotopic (exact) mass is 441 g/mol. The Labute approximate surface area is 182 Å². The Bertz CT molecular complexity index is 698. The molecule has 0 radical (unpaired) electrons. The summed E-state index contributed by atoms with van der Waals surface area (Å²) in [6, 6.07) is 5.91. The third kappa shape index (κ3) is 7.38. The highest BCUT2D eigenvalue weighted by Gasteiger charge is 2.31. The lowest BCUT2D eigenvalue weighted by atomic mass is 9.84. The standard InChI is InChI=1S/C23H34F3N3O2/c1-31-16-10-22(30)27-20-7-5-18(6-8-20)9-11-28-12-14-29(15-13-28)21-4-2-3-19(17-21)23(24,25)26/h2-4,17-18,20H,5-16H2,1H3,(H,27,30)/t18-,20-. The first-order chi connectivity index (χ1) is 14.8. The number of benzene rings is 1. The predicted molar refractivity (Wildman–Crippen MR) is 115 cm³/mol. The maximum Gasteiger partial charge on any atom is 0.416 e. The van der Waals surface area contributed by atoms with Crippen molar-refractivity contribution in [2.45, 2.75) is 50.7 Å². The first kappa shape index (κ1) is 23.9. The van der Waals surface area contributed by atoms with Crippen LogP contribution in [0.5, 0.6) is 0 Å². The van der Waals surface area contributed by atoms with Crippen LogP contribution in [0.25, 0.3) is 0 Å². The molecule has 3 rings (SSSR count). The molecule has 1 aliphatic heterocycles. The summed E-state index contributed by atoms with van der Waals surface area (Å²) in [5.41, 5.74) is 0.0678. The first-order valence-electron chi connectivity index (χ1n) is 11.3. The third-order valence-electron chi connectivity index (χ3n) is 6.51. The van der Waals surface area contributed by atoms with Gasteiger partial charge in [0.25, 0.3) is 0 Å². The van der Waals surface area contributed by atoms with Gasteiger partial charge in [-0.15, -0.1) is 0 Å². The molecule has 1 N–H and O–H groups in total. The number of halogens is 3. The van der Waals surface area contributed by atoms with E-state index in [1.54, 1.807) is 13.2 Å². The number of hydrogen-bond donors (Lipinski definition) is 1. The second-order valence-electron chi connectivity index (χ2n) is 8.69. The first-order valence-corrected chi connectivity index (χ1v) is 11.3. The minimum absolute atomic E-state index is 0.0731. The molecule has 0 unspecified atom stereocenters. The van der Waals surface area contributed by atoms with Crippen molar-refractivity contribution >= 4 is 11.6 Å². The Balaban J connectivity index is 1.35. The predicted octanol–water partition coefficient (Wildman–Crippen LogP) is 3.93. The number of hydrogen-bond acceptors (Lipinski definition) is 4. The van der Waals surface area contributed by atoms with E-state index in [9.17, 15) is 18.0 Å². The number of rotatable bonds is 8. The molecular weight excluding hydrogens is 407 g/mol. The van der Waals surface area contributed by atoms with Gasteiger partial charge in [-0.05, 0) is 62.8 Å². The second-order valence-corrected chi connectivity index (χ2v) is 8.69. The minimum Gasteiger partial charge on any atom is -0.384 e. The summed E-state index contributed by atoms with van der Waals surface area (Å²) in [6.45, 7) is 4.75. The van der Waals surface area contributed by atoms with E-state index in [2.05, 4.69) is 10.2 Å². The zero-order valence-corrected chi connectivity index (χ0v) is 18.3. The number of nitrogens with one attached hydrogen (secondary N) is 1. The molecule has 0 aromatic heterocycles. The van der Waals surface area contributed by atoms with E-state index in [0.717, 1.165) is 70.9 Å². The Hall–Kier alpha value is -1.80. The van der Waals surface area contributed by atoms with E-state index in [-0.39, 0.29) is 11.9 Å². The van der Waals surface area contributed by atoms with Crippen LogP contribution in [0.4, 0.5) is 18.9 Å². The van der Waals surface area contributed by atoms with Gasteiger partial charge in [0.1, 0.15) is 0 Å². The molecule has 5 nitrogen and oxygen atoms in total. The number of nitrogens with zero attached hydrogens (tertiary/aromatic N) is 2. The molecule has 1 aliphatic carbocycles. The molecule has 2 fully saturated rings. The lowest BCUT2D eigenvalue weighted by molar-refractivity contribution is -0.137. The molecule has 174 valence electrons. The van der Waals surface area contributed by atoms with Crippen molar-refractivity contribution in [2.24, 2.45) is 5.92 Å². The maximum absolute atomic E-state index is 13.0. The quantitative estimate of drug-likeness (QED) is 0.664. The molecule has 1 aromatic carbocycles. The zero-order chi connectivity index (χ0) is 22.3. The summed E-state index contributed by atoms with van der Waals surface area (Å²) in [7, 11) is 1.60. The zero-order valence-electron chi connectivity index (χ0n) is 18.3. The van der Waals surface area contributed by atoms with E-state index in [1.807, 2.05) is 4.90 Å². The van der Waals surface area contributed by atoms with E-state index in [0.29, 0.717) is 24.6 Å². The third-order valence-corrected chi connectivity index (χ3v) is 6.51. The summed E-state index contributed by atoms with van der Waals surface area (Å²) in [5.74, 6) is 0.762. The van der Waals surface area contributed by atoms with Crippen molar-refractivity contribution in [3.8, 4) is 0 Å². The van der Waals surface area contributed by atoms with Crippen molar-refractivity contribution in [3.05, 3.63) is 29.8 Å². The van der Waals surface area contributed by atoms with Crippen LogP contribution in [0, 0.1) is 5.92 Å². The van der Waals surface area contributed by atoms with Crippen LogP contribution < -0.4 is 10.2 Å². The summed E-state index contributed by atoms with van der Waals surface area (Å²) >= 11 is 0. The fourth-order valence-corrected chi connectivity index (χ4v) is 4.56. The van der Waals surface area contributed by atoms with Crippen LogP contribution in [0.2, 0.25) is 0 Å². The smallest absolute Gasteiger partial charge is 0.384 e. The Morgan fingerprint density at radius 3 is 2.48 bits per heavy atom. The van der Waals surface area contributed by atoms with E-state index < -0.39 is 11.7 Å². The molecule has 0 atom stereocenters. The molecule has 1 amide bonds. The molecule has 1 heterocycles. The molecule has 0 spiro atoms. The van der Waals surface area contributed by atoms with E-state index >= 15 is 0 Å². The van der Waals surface area contributed by atoms with Crippen LogP contribution in [-0.4, -0.2) is 63.3 Å². The van der Waals surface area contributed by atoms with Crippen molar-refractivity contribution in [2.75, 3.05) is 51.3 Å². The number of carbonyl (C=O) groups excluding carboxylic acids is 1. The van der Waals surface area contributed by atoms with Gasteiger partial charge in [-0.3, -0.25) is 9.69 Å². The van der Waals surface area contributed by atoms with Gasteiger partial charge in [-0.1, -0.05) is 6.07 Å². The molecule has 1 saturated heterocycles. The number of alkyl halides is 3. The highest BCUT2D eigenvalue weighted by atomic mass is 19.4. The van der Waals surface area contributed by atoms with Crippen LogP contribution in [0.3, 0.4) is 0 Å². The van der Waals surface area contributed by atoms with Gasteiger partial charge in [-0.25, -0.2) is 0 Å². The number of anilines is 1. The van der Waals surface area contributed by atoms with E-state index in [4.69, 9.17) is 4.74 Å². The average Bonchev–Trinajstić information content (AvgIpc) is 2.77. The Morgan fingerprint density at radius 2 is 1.84 bits per heavy atom. The lowest BCUT2D eigenvalue weighted by Crippen LogP contribution is -2.47. The number of ether oxygens (including phenoxy) is 1. The van der Waals surface area contributed by atoms with Crippen LogP contribution >= 0.6 is 0 Å².